The highest BCUT2D eigenvalue weighted by molar-refractivity contribution is 5.34. The Morgan fingerprint density at radius 3 is 2.94 bits per heavy atom. The van der Waals surface area contributed by atoms with Crippen molar-refractivity contribution in [1.82, 2.24) is 5.32 Å². The molecule has 88 valence electrons. The van der Waals surface area contributed by atoms with Crippen molar-refractivity contribution in [3.05, 3.63) is 34.9 Å². The topological polar surface area (TPSA) is 38.0 Å². The Labute approximate surface area is 98.2 Å². The second-order valence-electron chi connectivity index (χ2n) is 4.96. The van der Waals surface area contributed by atoms with Crippen molar-refractivity contribution in [1.29, 1.82) is 0 Å². The highest BCUT2D eigenvalue weighted by Crippen LogP contribution is 2.32. The van der Waals surface area contributed by atoms with Crippen LogP contribution in [-0.4, -0.2) is 19.6 Å². The quantitative estimate of drug-likeness (QED) is 0.796. The predicted molar refractivity (Wildman–Crippen MR) is 68.7 cm³/mol. The fourth-order valence-electron chi connectivity index (χ4n) is 2.74. The summed E-state index contributed by atoms with van der Waals surface area (Å²) in [6.45, 7) is 7.35. The van der Waals surface area contributed by atoms with Crippen molar-refractivity contribution in [3.63, 3.8) is 0 Å². The minimum atomic E-state index is 0.592. The molecule has 1 saturated heterocycles. The number of nitrogens with two attached hydrogens (primary N) is 1. The summed E-state index contributed by atoms with van der Waals surface area (Å²) in [5.74, 6) is 1.24. The van der Waals surface area contributed by atoms with Crippen LogP contribution in [0, 0.1) is 19.8 Å². The summed E-state index contributed by atoms with van der Waals surface area (Å²) in [6, 6.07) is 6.77. The molecule has 0 amide bonds. The Morgan fingerprint density at radius 1 is 1.38 bits per heavy atom. The van der Waals surface area contributed by atoms with E-state index in [4.69, 9.17) is 5.73 Å². The van der Waals surface area contributed by atoms with Crippen molar-refractivity contribution in [2.45, 2.75) is 26.2 Å². The van der Waals surface area contributed by atoms with Gasteiger partial charge in [0.1, 0.15) is 0 Å². The van der Waals surface area contributed by atoms with Crippen molar-refractivity contribution in [2.75, 3.05) is 19.6 Å². The molecule has 0 radical (unpaired) electrons. The summed E-state index contributed by atoms with van der Waals surface area (Å²) in [7, 11) is 0. The van der Waals surface area contributed by atoms with E-state index in [2.05, 4.69) is 37.4 Å². The lowest BCUT2D eigenvalue weighted by atomic mass is 9.79. The van der Waals surface area contributed by atoms with E-state index >= 15 is 0 Å². The van der Waals surface area contributed by atoms with Crippen LogP contribution in [0.25, 0.3) is 0 Å². The highest BCUT2D eigenvalue weighted by Gasteiger charge is 2.26. The fourth-order valence-corrected chi connectivity index (χ4v) is 2.74. The van der Waals surface area contributed by atoms with Gasteiger partial charge < -0.3 is 11.1 Å². The van der Waals surface area contributed by atoms with E-state index < -0.39 is 0 Å². The van der Waals surface area contributed by atoms with Crippen molar-refractivity contribution in [2.24, 2.45) is 11.7 Å². The molecule has 3 N–H and O–H groups in total. The molecule has 1 aliphatic heterocycles. The molecule has 16 heavy (non-hydrogen) atoms. The minimum absolute atomic E-state index is 0.592. The maximum atomic E-state index is 5.88. The molecule has 2 nitrogen and oxygen atoms in total. The van der Waals surface area contributed by atoms with E-state index in [9.17, 15) is 0 Å². The molecule has 1 aliphatic rings. The van der Waals surface area contributed by atoms with Crippen molar-refractivity contribution < 1.29 is 0 Å². The maximum absolute atomic E-state index is 5.88. The van der Waals surface area contributed by atoms with Crippen LogP contribution < -0.4 is 11.1 Å². The van der Waals surface area contributed by atoms with Crippen LogP contribution in [0.2, 0.25) is 0 Å². The van der Waals surface area contributed by atoms with E-state index in [-0.39, 0.29) is 0 Å². The van der Waals surface area contributed by atoms with Crippen LogP contribution in [0.3, 0.4) is 0 Å². The zero-order chi connectivity index (χ0) is 11.5. The maximum Gasteiger partial charge on any atom is -0.000257 e. The lowest BCUT2D eigenvalue weighted by Gasteiger charge is -2.32. The normalized spacial score (nSPS) is 25.7. The Kier molecular flexibility index (Phi) is 3.62. The minimum Gasteiger partial charge on any atom is -0.330 e. The molecular weight excluding hydrogens is 196 g/mol. The average molecular weight is 218 g/mol. The molecule has 1 aromatic carbocycles. The number of aryl methyl sites for hydroxylation is 2. The van der Waals surface area contributed by atoms with Gasteiger partial charge in [-0.3, -0.25) is 0 Å². The first-order valence-corrected chi connectivity index (χ1v) is 6.20. The summed E-state index contributed by atoms with van der Waals surface area (Å²) in [5.41, 5.74) is 10.2. The van der Waals surface area contributed by atoms with E-state index in [1.165, 1.54) is 23.1 Å². The third kappa shape index (κ3) is 2.28. The van der Waals surface area contributed by atoms with Crippen molar-refractivity contribution >= 4 is 0 Å². The van der Waals surface area contributed by atoms with Gasteiger partial charge in [-0.15, -0.1) is 0 Å². The zero-order valence-corrected chi connectivity index (χ0v) is 10.3. The van der Waals surface area contributed by atoms with Gasteiger partial charge in [-0.05, 0) is 62.9 Å². The first-order valence-electron chi connectivity index (χ1n) is 6.20. The van der Waals surface area contributed by atoms with Crippen LogP contribution in [0.5, 0.6) is 0 Å². The first-order chi connectivity index (χ1) is 7.72. The Bertz CT molecular complexity index is 360. The van der Waals surface area contributed by atoms with E-state index in [0.29, 0.717) is 11.8 Å². The highest BCUT2D eigenvalue weighted by atomic mass is 14.9. The number of piperidine rings is 1. The summed E-state index contributed by atoms with van der Waals surface area (Å²) in [5, 5.41) is 3.44. The molecule has 1 fully saturated rings. The Morgan fingerprint density at radius 2 is 2.19 bits per heavy atom. The zero-order valence-electron chi connectivity index (χ0n) is 10.3. The lowest BCUT2D eigenvalue weighted by Crippen LogP contribution is -2.39. The number of nitrogens with one attached hydrogen (secondary N) is 1. The molecule has 2 rings (SSSR count). The largest absolute Gasteiger partial charge is 0.330 e. The van der Waals surface area contributed by atoms with Crippen LogP contribution in [0.4, 0.5) is 0 Å². The Balaban J connectivity index is 2.30. The van der Waals surface area contributed by atoms with Gasteiger partial charge in [0.25, 0.3) is 0 Å². The second kappa shape index (κ2) is 4.98. The number of hydrogen-bond acceptors (Lipinski definition) is 2. The molecule has 2 unspecified atom stereocenters. The molecule has 1 heterocycles. The number of rotatable bonds is 2. The molecule has 0 aromatic heterocycles. The standard InChI is InChI=1S/C14H22N2/c1-10-3-4-11(2)14(7-10)13-5-6-16-9-12(13)8-15/h3-4,7,12-13,16H,5-6,8-9,15H2,1-2H3. The summed E-state index contributed by atoms with van der Waals surface area (Å²) in [6.07, 6.45) is 1.21. The second-order valence-corrected chi connectivity index (χ2v) is 4.96. The monoisotopic (exact) mass is 218 g/mol. The van der Waals surface area contributed by atoms with Crippen LogP contribution >= 0.6 is 0 Å². The summed E-state index contributed by atoms with van der Waals surface area (Å²) in [4.78, 5) is 0. The first kappa shape index (κ1) is 11.6. The van der Waals surface area contributed by atoms with Crippen LogP contribution in [0.1, 0.15) is 29.0 Å². The molecule has 0 saturated carbocycles. The molecule has 1 aromatic rings. The smallest absolute Gasteiger partial charge is 0.000257 e. The van der Waals surface area contributed by atoms with Crippen LogP contribution in [-0.2, 0) is 0 Å². The summed E-state index contributed by atoms with van der Waals surface area (Å²) < 4.78 is 0. The van der Waals surface area contributed by atoms with E-state index in [0.717, 1.165) is 19.6 Å². The molecule has 0 bridgehead atoms. The van der Waals surface area contributed by atoms with E-state index in [1.807, 2.05) is 0 Å². The van der Waals surface area contributed by atoms with Gasteiger partial charge in [-0.1, -0.05) is 23.8 Å². The number of hydrogen-bond donors (Lipinski definition) is 2. The van der Waals surface area contributed by atoms with Crippen molar-refractivity contribution in [3.8, 4) is 0 Å². The van der Waals surface area contributed by atoms with Gasteiger partial charge >= 0.3 is 0 Å². The fraction of sp³-hybridized carbons (Fsp3) is 0.571. The Hall–Kier alpha value is -0.860. The van der Waals surface area contributed by atoms with Crippen LogP contribution in [0.15, 0.2) is 18.2 Å². The summed E-state index contributed by atoms with van der Waals surface area (Å²) >= 11 is 0. The van der Waals surface area contributed by atoms with Gasteiger partial charge in [0.05, 0.1) is 0 Å². The third-order valence-electron chi connectivity index (χ3n) is 3.74. The molecule has 2 heteroatoms. The van der Waals surface area contributed by atoms with Gasteiger partial charge in [0.15, 0.2) is 0 Å². The molecule has 2 atom stereocenters. The van der Waals surface area contributed by atoms with Gasteiger partial charge in [0.2, 0.25) is 0 Å². The lowest BCUT2D eigenvalue weighted by molar-refractivity contribution is 0.332. The third-order valence-corrected chi connectivity index (χ3v) is 3.74. The number of benzene rings is 1. The SMILES string of the molecule is Cc1ccc(C)c(C2CCNCC2CN)c1. The van der Waals surface area contributed by atoms with Gasteiger partial charge in [-0.2, -0.15) is 0 Å². The average Bonchev–Trinajstić information content (AvgIpc) is 2.32. The van der Waals surface area contributed by atoms with Gasteiger partial charge in [0, 0.05) is 0 Å². The molecule has 0 spiro atoms. The molecule has 0 aliphatic carbocycles. The molecular formula is C14H22N2. The predicted octanol–water partition coefficient (Wildman–Crippen LogP) is 1.96. The van der Waals surface area contributed by atoms with Gasteiger partial charge in [-0.25, -0.2) is 0 Å². The van der Waals surface area contributed by atoms with E-state index in [1.54, 1.807) is 0 Å².